The zero-order valence-electron chi connectivity index (χ0n) is 11.2. The summed E-state index contributed by atoms with van der Waals surface area (Å²) >= 11 is 0. The monoisotopic (exact) mass is 246 g/mol. The van der Waals surface area contributed by atoms with E-state index in [-0.39, 0.29) is 5.41 Å². The van der Waals surface area contributed by atoms with Crippen LogP contribution in [0.5, 0.6) is 0 Å². The largest absolute Gasteiger partial charge is 0.467 e. The average molecular weight is 246 g/mol. The summed E-state index contributed by atoms with van der Waals surface area (Å²) in [5.41, 5.74) is 2.00. The predicted molar refractivity (Wildman–Crippen MR) is 70.2 cm³/mol. The molecule has 18 heavy (non-hydrogen) atoms. The van der Waals surface area contributed by atoms with Gasteiger partial charge in [-0.3, -0.25) is 0 Å². The zero-order chi connectivity index (χ0) is 13.8. The van der Waals surface area contributed by atoms with Crippen molar-refractivity contribution in [1.82, 2.24) is 0 Å². The molecule has 0 heterocycles. The number of carbonyl (C=O) groups is 1. The molecule has 0 spiro atoms. The Kier molecular flexibility index (Phi) is 4.33. The van der Waals surface area contributed by atoms with Crippen molar-refractivity contribution in [2.45, 2.75) is 32.2 Å². The number of ether oxygens (including phenoxy) is 1. The van der Waals surface area contributed by atoms with Crippen molar-refractivity contribution in [2.75, 3.05) is 12.4 Å². The second-order valence-electron chi connectivity index (χ2n) is 5.06. The summed E-state index contributed by atoms with van der Waals surface area (Å²) in [6.07, 6.45) is 0. The molecule has 1 unspecified atom stereocenters. The van der Waals surface area contributed by atoms with E-state index in [0.29, 0.717) is 0 Å². The molecule has 1 N–H and O–H groups in total. The number of anilines is 1. The molecule has 1 rings (SSSR count). The van der Waals surface area contributed by atoms with E-state index >= 15 is 0 Å². The number of carbonyl (C=O) groups excluding carboxylic acids is 1. The lowest BCUT2D eigenvalue weighted by atomic mass is 9.87. The van der Waals surface area contributed by atoms with Crippen molar-refractivity contribution in [3.63, 3.8) is 0 Å². The van der Waals surface area contributed by atoms with Crippen LogP contribution in [0.3, 0.4) is 0 Å². The van der Waals surface area contributed by atoms with Crippen LogP contribution in [0.2, 0.25) is 0 Å². The maximum absolute atomic E-state index is 11.3. The number of hydrogen-bond acceptors (Lipinski definition) is 4. The second-order valence-corrected chi connectivity index (χ2v) is 5.06. The van der Waals surface area contributed by atoms with Gasteiger partial charge in [-0.1, -0.05) is 32.9 Å². The van der Waals surface area contributed by atoms with Gasteiger partial charge < -0.3 is 10.1 Å². The summed E-state index contributed by atoms with van der Waals surface area (Å²) in [6, 6.07) is 8.55. The van der Waals surface area contributed by atoms with Crippen molar-refractivity contribution in [1.29, 1.82) is 5.26 Å². The molecule has 0 radical (unpaired) electrons. The van der Waals surface area contributed by atoms with Gasteiger partial charge in [-0.15, -0.1) is 0 Å². The van der Waals surface area contributed by atoms with E-state index < -0.39 is 12.0 Å². The minimum absolute atomic E-state index is 0.0789. The van der Waals surface area contributed by atoms with E-state index in [1.54, 1.807) is 0 Å². The third-order valence-electron chi connectivity index (χ3n) is 2.63. The van der Waals surface area contributed by atoms with E-state index in [4.69, 9.17) is 5.26 Å². The normalized spacial score (nSPS) is 12.4. The van der Waals surface area contributed by atoms with Crippen LogP contribution in [0.1, 0.15) is 26.3 Å². The van der Waals surface area contributed by atoms with Gasteiger partial charge in [0.25, 0.3) is 0 Å². The lowest BCUT2D eigenvalue weighted by Crippen LogP contribution is -2.28. The van der Waals surface area contributed by atoms with Crippen molar-refractivity contribution in [3.05, 3.63) is 29.8 Å². The molecular formula is C14H18N2O2. The number of hydrogen-bond donors (Lipinski definition) is 1. The third kappa shape index (κ3) is 3.49. The summed E-state index contributed by atoms with van der Waals surface area (Å²) in [5, 5.41) is 11.7. The zero-order valence-corrected chi connectivity index (χ0v) is 11.2. The third-order valence-corrected chi connectivity index (χ3v) is 2.63. The Hall–Kier alpha value is -2.02. The number of methoxy groups -OCH3 is 1. The molecule has 0 aliphatic carbocycles. The summed E-state index contributed by atoms with van der Waals surface area (Å²) in [7, 11) is 1.26. The Bertz CT molecular complexity index is 452. The number of benzene rings is 1. The Morgan fingerprint density at radius 2 is 1.89 bits per heavy atom. The van der Waals surface area contributed by atoms with E-state index in [1.807, 2.05) is 30.3 Å². The lowest BCUT2D eigenvalue weighted by molar-refractivity contribution is -0.140. The number of nitrogens with zero attached hydrogens (tertiary/aromatic N) is 1. The Balaban J connectivity index is 2.81. The molecule has 0 fully saturated rings. The first kappa shape index (κ1) is 14.0. The van der Waals surface area contributed by atoms with Crippen LogP contribution in [-0.4, -0.2) is 19.1 Å². The minimum Gasteiger partial charge on any atom is -0.467 e. The van der Waals surface area contributed by atoms with Crippen LogP contribution in [0.15, 0.2) is 24.3 Å². The van der Waals surface area contributed by atoms with Crippen LogP contribution in [0.4, 0.5) is 5.69 Å². The van der Waals surface area contributed by atoms with E-state index in [0.717, 1.165) is 5.69 Å². The van der Waals surface area contributed by atoms with Crippen molar-refractivity contribution in [2.24, 2.45) is 0 Å². The summed E-state index contributed by atoms with van der Waals surface area (Å²) in [5.74, 6) is -0.586. The van der Waals surface area contributed by atoms with Crippen LogP contribution in [0.25, 0.3) is 0 Å². The van der Waals surface area contributed by atoms with Gasteiger partial charge >= 0.3 is 5.97 Å². The molecule has 1 atom stereocenters. The smallest absolute Gasteiger partial charge is 0.343 e. The highest BCUT2D eigenvalue weighted by Gasteiger charge is 2.18. The molecule has 4 nitrogen and oxygen atoms in total. The molecule has 96 valence electrons. The molecule has 4 heteroatoms. The van der Waals surface area contributed by atoms with Crippen molar-refractivity contribution in [3.8, 4) is 6.07 Å². The van der Waals surface area contributed by atoms with Crippen LogP contribution < -0.4 is 5.32 Å². The number of nitrogens with one attached hydrogen (secondary N) is 1. The van der Waals surface area contributed by atoms with Gasteiger partial charge in [0, 0.05) is 5.69 Å². The molecular weight excluding hydrogens is 228 g/mol. The fourth-order valence-corrected chi connectivity index (χ4v) is 1.49. The summed E-state index contributed by atoms with van der Waals surface area (Å²) < 4.78 is 4.53. The van der Waals surface area contributed by atoms with Gasteiger partial charge in [-0.25, -0.2) is 4.79 Å². The average Bonchev–Trinajstić information content (AvgIpc) is 2.34. The summed E-state index contributed by atoms with van der Waals surface area (Å²) in [6.45, 7) is 6.38. The molecule has 0 aliphatic rings. The predicted octanol–water partition coefficient (Wildman–Crippen LogP) is 2.46. The van der Waals surface area contributed by atoms with E-state index in [1.165, 1.54) is 12.7 Å². The van der Waals surface area contributed by atoms with Gasteiger partial charge in [-0.2, -0.15) is 5.26 Å². The Morgan fingerprint density at radius 1 is 1.33 bits per heavy atom. The quantitative estimate of drug-likeness (QED) is 0.832. The van der Waals surface area contributed by atoms with Gasteiger partial charge in [0.05, 0.1) is 13.2 Å². The van der Waals surface area contributed by atoms with Crippen LogP contribution >= 0.6 is 0 Å². The van der Waals surface area contributed by atoms with Gasteiger partial charge in [-0.05, 0) is 23.1 Å². The highest BCUT2D eigenvalue weighted by atomic mass is 16.5. The fraction of sp³-hybridized carbons (Fsp3) is 0.429. The molecule has 0 aromatic heterocycles. The fourth-order valence-electron chi connectivity index (χ4n) is 1.49. The van der Waals surface area contributed by atoms with Gasteiger partial charge in [0.15, 0.2) is 0 Å². The molecule has 0 amide bonds. The highest BCUT2D eigenvalue weighted by Crippen LogP contribution is 2.23. The molecule has 0 saturated heterocycles. The molecule has 0 saturated carbocycles. The molecule has 1 aromatic carbocycles. The first-order chi connectivity index (χ1) is 8.38. The topological polar surface area (TPSA) is 62.1 Å². The minimum atomic E-state index is -0.976. The van der Waals surface area contributed by atoms with Crippen LogP contribution in [-0.2, 0) is 14.9 Å². The van der Waals surface area contributed by atoms with Crippen LogP contribution in [0, 0.1) is 11.3 Å². The van der Waals surface area contributed by atoms with Crippen molar-refractivity contribution >= 4 is 11.7 Å². The van der Waals surface area contributed by atoms with Gasteiger partial charge in [0.2, 0.25) is 6.04 Å². The molecule has 0 bridgehead atoms. The Labute approximate surface area is 108 Å². The number of rotatable bonds is 3. The number of esters is 1. The maximum Gasteiger partial charge on any atom is 0.343 e. The number of nitriles is 1. The van der Waals surface area contributed by atoms with Gasteiger partial charge in [0.1, 0.15) is 0 Å². The lowest BCUT2D eigenvalue weighted by Gasteiger charge is -2.19. The molecule has 1 aromatic rings. The standard InChI is InChI=1S/C14H18N2O2/c1-14(2,3)10-5-7-11(8-6-10)16-12(9-15)13(17)18-4/h5-8,12,16H,1-4H3. The molecule has 0 aliphatic heterocycles. The van der Waals surface area contributed by atoms with E-state index in [2.05, 4.69) is 30.8 Å². The highest BCUT2D eigenvalue weighted by molar-refractivity contribution is 5.82. The Morgan fingerprint density at radius 3 is 2.28 bits per heavy atom. The second kappa shape index (κ2) is 5.54. The first-order valence-electron chi connectivity index (χ1n) is 5.73. The SMILES string of the molecule is COC(=O)C(C#N)Nc1ccc(C(C)(C)C)cc1. The van der Waals surface area contributed by atoms with Crippen molar-refractivity contribution < 1.29 is 9.53 Å². The summed E-state index contributed by atoms with van der Waals surface area (Å²) in [4.78, 5) is 11.3. The van der Waals surface area contributed by atoms with E-state index in [9.17, 15) is 4.79 Å². The maximum atomic E-state index is 11.3. The first-order valence-corrected chi connectivity index (χ1v) is 5.73.